The van der Waals surface area contributed by atoms with Crippen molar-refractivity contribution in [2.24, 2.45) is 13.0 Å². The summed E-state index contributed by atoms with van der Waals surface area (Å²) in [7, 11) is 1.91. The first-order valence-electron chi connectivity index (χ1n) is 9.65. The number of rotatable bonds is 6. The highest BCUT2D eigenvalue weighted by molar-refractivity contribution is 5.62. The van der Waals surface area contributed by atoms with Gasteiger partial charge in [0.25, 0.3) is 5.89 Å². The number of anilines is 1. The molecule has 3 aromatic heterocycles. The maximum atomic E-state index is 5.58. The Labute approximate surface area is 167 Å². The van der Waals surface area contributed by atoms with E-state index in [0.717, 1.165) is 23.5 Å². The first-order valence-corrected chi connectivity index (χ1v) is 9.65. The van der Waals surface area contributed by atoms with E-state index in [-0.39, 0.29) is 11.9 Å². The van der Waals surface area contributed by atoms with Crippen LogP contribution in [0, 0.1) is 5.92 Å². The molecule has 1 unspecified atom stereocenters. The van der Waals surface area contributed by atoms with E-state index >= 15 is 0 Å². The van der Waals surface area contributed by atoms with Crippen molar-refractivity contribution in [3.8, 4) is 22.7 Å². The number of nitrogens with zero attached hydrogens (tertiary/aromatic N) is 6. The maximum absolute atomic E-state index is 5.58. The predicted molar refractivity (Wildman–Crippen MR) is 108 cm³/mol. The number of nitrogen functional groups attached to an aromatic ring is 1. The van der Waals surface area contributed by atoms with Crippen molar-refractivity contribution in [1.29, 1.82) is 0 Å². The fourth-order valence-electron chi connectivity index (χ4n) is 3.48. The van der Waals surface area contributed by atoms with Crippen LogP contribution in [0.25, 0.3) is 22.7 Å². The van der Waals surface area contributed by atoms with Crippen molar-refractivity contribution in [1.82, 2.24) is 29.7 Å². The van der Waals surface area contributed by atoms with E-state index in [2.05, 4.69) is 49.4 Å². The van der Waals surface area contributed by atoms with Crippen LogP contribution in [0.5, 0.6) is 0 Å². The summed E-state index contributed by atoms with van der Waals surface area (Å²) in [6.45, 7) is 0. The second-order valence-electron chi connectivity index (χ2n) is 7.57. The highest BCUT2D eigenvalue weighted by atomic mass is 16.5. The molecule has 0 amide bonds. The average molecular weight is 387 g/mol. The second-order valence-corrected chi connectivity index (χ2v) is 7.57. The van der Waals surface area contributed by atoms with Gasteiger partial charge in [0.1, 0.15) is 5.69 Å². The summed E-state index contributed by atoms with van der Waals surface area (Å²) >= 11 is 0. The van der Waals surface area contributed by atoms with Crippen molar-refractivity contribution >= 4 is 5.95 Å². The van der Waals surface area contributed by atoms with Gasteiger partial charge in [-0.3, -0.25) is 0 Å². The van der Waals surface area contributed by atoms with Crippen molar-refractivity contribution < 1.29 is 4.52 Å². The smallest absolute Gasteiger partial charge is 0.278 e. The number of hydrogen-bond acceptors (Lipinski definition) is 7. The Morgan fingerprint density at radius 3 is 2.52 bits per heavy atom. The van der Waals surface area contributed by atoms with E-state index in [0.29, 0.717) is 17.4 Å². The summed E-state index contributed by atoms with van der Waals surface area (Å²) in [4.78, 5) is 17.1. The van der Waals surface area contributed by atoms with Crippen LogP contribution in [0.15, 0.2) is 53.7 Å². The molecule has 1 atom stereocenters. The van der Waals surface area contributed by atoms with Crippen LogP contribution < -0.4 is 5.73 Å². The minimum Gasteiger partial charge on any atom is -0.368 e. The molecule has 4 aromatic rings. The van der Waals surface area contributed by atoms with E-state index in [4.69, 9.17) is 10.3 Å². The SMILES string of the molecule is Cn1cnc(-c2nc(C(CC3CC3)c3ccc(-c4cnc(N)nc4)cc3)no2)c1. The predicted octanol–water partition coefficient (Wildman–Crippen LogP) is 3.44. The third-order valence-electron chi connectivity index (χ3n) is 5.26. The molecule has 0 bridgehead atoms. The molecule has 2 N–H and O–H groups in total. The van der Waals surface area contributed by atoms with Crippen molar-refractivity contribution in [2.75, 3.05) is 5.73 Å². The summed E-state index contributed by atoms with van der Waals surface area (Å²) in [5.74, 6) is 2.26. The lowest BCUT2D eigenvalue weighted by Gasteiger charge is -2.14. The first-order chi connectivity index (χ1) is 14.2. The van der Waals surface area contributed by atoms with Gasteiger partial charge in [-0.15, -0.1) is 0 Å². The number of hydrogen-bond donors (Lipinski definition) is 1. The van der Waals surface area contributed by atoms with Crippen LogP contribution in [0.3, 0.4) is 0 Å². The summed E-state index contributed by atoms with van der Waals surface area (Å²) in [5, 5.41) is 4.28. The Hall–Kier alpha value is -3.55. The minimum absolute atomic E-state index is 0.0976. The first kappa shape index (κ1) is 17.5. The lowest BCUT2D eigenvalue weighted by molar-refractivity contribution is 0.415. The maximum Gasteiger partial charge on any atom is 0.278 e. The number of imidazole rings is 1. The van der Waals surface area contributed by atoms with Gasteiger partial charge in [-0.25, -0.2) is 15.0 Å². The Morgan fingerprint density at radius 2 is 1.86 bits per heavy atom. The van der Waals surface area contributed by atoms with Gasteiger partial charge in [0, 0.05) is 37.1 Å². The lowest BCUT2D eigenvalue weighted by Crippen LogP contribution is -2.05. The molecule has 1 saturated carbocycles. The molecule has 5 rings (SSSR count). The molecule has 1 fully saturated rings. The fourth-order valence-corrected chi connectivity index (χ4v) is 3.48. The summed E-state index contributed by atoms with van der Waals surface area (Å²) < 4.78 is 7.37. The Morgan fingerprint density at radius 1 is 1.10 bits per heavy atom. The second kappa shape index (κ2) is 7.12. The highest BCUT2D eigenvalue weighted by Crippen LogP contribution is 2.41. The molecule has 8 nitrogen and oxygen atoms in total. The van der Waals surface area contributed by atoms with Gasteiger partial charge in [0.05, 0.1) is 6.33 Å². The number of aryl methyl sites for hydroxylation is 1. The van der Waals surface area contributed by atoms with Crippen molar-refractivity contribution in [2.45, 2.75) is 25.2 Å². The van der Waals surface area contributed by atoms with Crippen molar-refractivity contribution in [3.05, 3.63) is 60.6 Å². The molecule has 0 aliphatic heterocycles. The summed E-state index contributed by atoms with van der Waals surface area (Å²) in [6.07, 6.45) is 10.6. The molecule has 0 radical (unpaired) electrons. The molecule has 1 aliphatic rings. The molecular weight excluding hydrogens is 366 g/mol. The highest BCUT2D eigenvalue weighted by Gasteiger charge is 2.30. The molecule has 3 heterocycles. The van der Waals surface area contributed by atoms with Crippen molar-refractivity contribution in [3.63, 3.8) is 0 Å². The van der Waals surface area contributed by atoms with Gasteiger partial charge in [-0.2, -0.15) is 4.98 Å². The number of nitrogens with two attached hydrogens (primary N) is 1. The molecular formula is C21H21N7O. The van der Waals surface area contributed by atoms with E-state index in [1.807, 2.05) is 17.8 Å². The monoisotopic (exact) mass is 387 g/mol. The van der Waals surface area contributed by atoms with E-state index < -0.39 is 0 Å². The molecule has 1 aromatic carbocycles. The third kappa shape index (κ3) is 3.73. The Balaban J connectivity index is 1.43. The lowest BCUT2D eigenvalue weighted by atomic mass is 9.91. The molecule has 8 heteroatoms. The van der Waals surface area contributed by atoms with Crippen LogP contribution in [-0.4, -0.2) is 29.7 Å². The zero-order valence-corrected chi connectivity index (χ0v) is 16.1. The molecule has 29 heavy (non-hydrogen) atoms. The van der Waals surface area contributed by atoms with E-state index in [1.165, 1.54) is 18.4 Å². The number of benzene rings is 1. The van der Waals surface area contributed by atoms with Gasteiger partial charge in [-0.1, -0.05) is 42.3 Å². The van der Waals surface area contributed by atoms with E-state index in [9.17, 15) is 0 Å². The van der Waals surface area contributed by atoms with Crippen LogP contribution in [0.2, 0.25) is 0 Å². The third-order valence-corrected chi connectivity index (χ3v) is 5.26. The number of aromatic nitrogens is 6. The van der Waals surface area contributed by atoms with Crippen LogP contribution >= 0.6 is 0 Å². The Bertz CT molecular complexity index is 1110. The van der Waals surface area contributed by atoms with Gasteiger partial charge in [-0.05, 0) is 23.5 Å². The van der Waals surface area contributed by atoms with Crippen LogP contribution in [0.4, 0.5) is 5.95 Å². The molecule has 1 aliphatic carbocycles. The van der Waals surface area contributed by atoms with Gasteiger partial charge in [0.15, 0.2) is 5.82 Å². The fraction of sp³-hybridized carbons (Fsp3) is 0.286. The molecule has 0 spiro atoms. The zero-order valence-electron chi connectivity index (χ0n) is 16.1. The topological polar surface area (TPSA) is 109 Å². The molecule has 0 saturated heterocycles. The van der Waals surface area contributed by atoms with Gasteiger partial charge in [0.2, 0.25) is 5.95 Å². The minimum atomic E-state index is 0.0976. The quantitative estimate of drug-likeness (QED) is 0.540. The average Bonchev–Trinajstić information content (AvgIpc) is 3.24. The van der Waals surface area contributed by atoms with Crippen LogP contribution in [-0.2, 0) is 7.05 Å². The van der Waals surface area contributed by atoms with Gasteiger partial charge < -0.3 is 14.8 Å². The standard InChI is InChI=1S/C21H21N7O/c1-28-11-18(25-12-28)20-26-19(27-29-20)17(8-13-2-3-13)15-6-4-14(5-7-15)16-9-23-21(22)24-10-16/h4-7,9-13,17H,2-3,8H2,1H3,(H2,22,23,24). The molecule has 146 valence electrons. The van der Waals surface area contributed by atoms with E-state index in [1.54, 1.807) is 18.7 Å². The Kier molecular flexibility index (Phi) is 4.31. The zero-order chi connectivity index (χ0) is 19.8. The largest absolute Gasteiger partial charge is 0.368 e. The summed E-state index contributed by atoms with van der Waals surface area (Å²) in [5.41, 5.74) is 9.42. The van der Waals surface area contributed by atoms with Gasteiger partial charge >= 0.3 is 0 Å². The van der Waals surface area contributed by atoms with Crippen LogP contribution in [0.1, 0.15) is 36.6 Å². The normalized spacial score (nSPS) is 14.8. The summed E-state index contributed by atoms with van der Waals surface area (Å²) in [6, 6.07) is 8.39.